The Hall–Kier alpha value is -3.39. The van der Waals surface area contributed by atoms with Gasteiger partial charge in [0.2, 0.25) is 0 Å². The lowest BCUT2D eigenvalue weighted by Gasteiger charge is -2.17. The molecule has 2 aromatic carbocycles. The van der Waals surface area contributed by atoms with Crippen LogP contribution in [0.3, 0.4) is 0 Å². The lowest BCUT2D eigenvalue weighted by atomic mass is 10.2. The van der Waals surface area contributed by atoms with Crippen molar-refractivity contribution >= 4 is 21.7 Å². The summed E-state index contributed by atoms with van der Waals surface area (Å²) in [5, 5.41) is 3.75. The predicted octanol–water partition coefficient (Wildman–Crippen LogP) is 2.54. The average molecular weight is 426 g/mol. The molecule has 2 amide bonds. The second kappa shape index (κ2) is 9.41. The SMILES string of the molecule is Cc1ccc(S(=O)(=O)C(CNC(=O)C(=O)NCc2ccccc2)c2ccco2)cc1. The smallest absolute Gasteiger partial charge is 0.309 e. The molecule has 0 aliphatic carbocycles. The van der Waals surface area contributed by atoms with Crippen molar-refractivity contribution < 1.29 is 22.4 Å². The van der Waals surface area contributed by atoms with Crippen LogP contribution in [0.15, 0.2) is 82.3 Å². The highest BCUT2D eigenvalue weighted by molar-refractivity contribution is 7.91. The molecule has 3 aromatic rings. The molecule has 0 fully saturated rings. The van der Waals surface area contributed by atoms with Crippen LogP contribution in [-0.4, -0.2) is 26.8 Å². The molecule has 8 heteroatoms. The van der Waals surface area contributed by atoms with Crippen LogP contribution in [0, 0.1) is 6.92 Å². The molecule has 30 heavy (non-hydrogen) atoms. The van der Waals surface area contributed by atoms with Gasteiger partial charge in [0.15, 0.2) is 9.84 Å². The lowest BCUT2D eigenvalue weighted by molar-refractivity contribution is -0.139. The summed E-state index contributed by atoms with van der Waals surface area (Å²) in [4.78, 5) is 24.4. The highest BCUT2D eigenvalue weighted by Gasteiger charge is 2.32. The molecule has 0 aliphatic rings. The molecule has 1 heterocycles. The lowest BCUT2D eigenvalue weighted by Crippen LogP contribution is -2.42. The molecule has 2 N–H and O–H groups in total. The molecule has 3 rings (SSSR count). The predicted molar refractivity (Wildman–Crippen MR) is 111 cm³/mol. The van der Waals surface area contributed by atoms with Crippen LogP contribution in [0.25, 0.3) is 0 Å². The second-order valence-electron chi connectivity index (χ2n) is 6.74. The monoisotopic (exact) mass is 426 g/mol. The summed E-state index contributed by atoms with van der Waals surface area (Å²) in [5.74, 6) is -1.58. The molecule has 156 valence electrons. The molecular formula is C22H22N2O5S. The highest BCUT2D eigenvalue weighted by Crippen LogP contribution is 2.29. The number of sulfone groups is 1. The molecule has 0 saturated carbocycles. The van der Waals surface area contributed by atoms with Crippen molar-refractivity contribution in [3.05, 3.63) is 89.9 Å². The van der Waals surface area contributed by atoms with Gasteiger partial charge in [-0.15, -0.1) is 0 Å². The number of amides is 2. The molecule has 0 aliphatic heterocycles. The van der Waals surface area contributed by atoms with Gasteiger partial charge in [-0.1, -0.05) is 48.0 Å². The Kier molecular flexibility index (Phi) is 6.68. The number of hydrogen-bond donors (Lipinski definition) is 2. The average Bonchev–Trinajstić information content (AvgIpc) is 3.27. The van der Waals surface area contributed by atoms with Crippen molar-refractivity contribution in [2.45, 2.75) is 23.6 Å². The van der Waals surface area contributed by atoms with E-state index < -0.39 is 26.9 Å². The van der Waals surface area contributed by atoms with Crippen molar-refractivity contribution in [3.8, 4) is 0 Å². The van der Waals surface area contributed by atoms with Gasteiger partial charge >= 0.3 is 11.8 Å². The fourth-order valence-electron chi connectivity index (χ4n) is 2.85. The van der Waals surface area contributed by atoms with E-state index >= 15 is 0 Å². The first-order valence-corrected chi connectivity index (χ1v) is 10.9. The maximum Gasteiger partial charge on any atom is 0.309 e. The Morgan fingerprint density at radius 3 is 2.20 bits per heavy atom. The first-order chi connectivity index (χ1) is 14.4. The van der Waals surface area contributed by atoms with E-state index in [1.165, 1.54) is 24.5 Å². The van der Waals surface area contributed by atoms with Crippen LogP contribution in [0.5, 0.6) is 0 Å². The van der Waals surface area contributed by atoms with E-state index in [9.17, 15) is 18.0 Å². The minimum atomic E-state index is -3.86. The normalized spacial score (nSPS) is 12.2. The van der Waals surface area contributed by atoms with Gasteiger partial charge in [0.1, 0.15) is 11.0 Å². The number of furan rings is 1. The van der Waals surface area contributed by atoms with Crippen LogP contribution in [0.1, 0.15) is 22.1 Å². The zero-order valence-electron chi connectivity index (χ0n) is 16.4. The maximum atomic E-state index is 13.1. The Bertz CT molecular complexity index is 1090. The Morgan fingerprint density at radius 2 is 1.57 bits per heavy atom. The second-order valence-corrected chi connectivity index (χ2v) is 8.87. The third-order valence-electron chi connectivity index (χ3n) is 4.53. The quantitative estimate of drug-likeness (QED) is 0.565. The molecule has 0 saturated heterocycles. The van der Waals surface area contributed by atoms with Crippen LogP contribution in [0.2, 0.25) is 0 Å². The summed E-state index contributed by atoms with van der Waals surface area (Å²) < 4.78 is 31.5. The fourth-order valence-corrected chi connectivity index (χ4v) is 4.44. The summed E-state index contributed by atoms with van der Waals surface area (Å²) in [7, 11) is -3.86. The van der Waals surface area contributed by atoms with Crippen molar-refractivity contribution in [1.29, 1.82) is 0 Å². The molecule has 1 unspecified atom stereocenters. The summed E-state index contributed by atoms with van der Waals surface area (Å²) >= 11 is 0. The van der Waals surface area contributed by atoms with Crippen LogP contribution in [0.4, 0.5) is 0 Å². The standard InChI is InChI=1S/C22H22N2O5S/c1-16-9-11-18(12-10-16)30(27,28)20(19-8-5-13-29-19)15-24-22(26)21(25)23-14-17-6-3-2-4-7-17/h2-13,20H,14-15H2,1H3,(H,23,25)(H,24,26). The van der Waals surface area contributed by atoms with Crippen molar-refractivity contribution in [1.82, 2.24) is 10.6 Å². The van der Waals surface area contributed by atoms with Gasteiger partial charge in [-0.2, -0.15) is 0 Å². The largest absolute Gasteiger partial charge is 0.468 e. The first kappa shape index (κ1) is 21.3. The topological polar surface area (TPSA) is 105 Å². The number of rotatable bonds is 7. The Morgan fingerprint density at radius 1 is 0.900 bits per heavy atom. The summed E-state index contributed by atoms with van der Waals surface area (Å²) in [6.45, 7) is 1.74. The summed E-state index contributed by atoms with van der Waals surface area (Å²) in [5.41, 5.74) is 1.76. The number of aryl methyl sites for hydroxylation is 1. The maximum absolute atomic E-state index is 13.1. The number of carbonyl (C=O) groups excluding carboxylic acids is 2. The fraction of sp³-hybridized carbons (Fsp3) is 0.182. The van der Waals surface area contributed by atoms with Crippen LogP contribution in [-0.2, 0) is 26.0 Å². The van der Waals surface area contributed by atoms with Crippen molar-refractivity contribution in [2.75, 3.05) is 6.54 Å². The van der Waals surface area contributed by atoms with Crippen molar-refractivity contribution in [3.63, 3.8) is 0 Å². The molecular weight excluding hydrogens is 404 g/mol. The minimum Gasteiger partial charge on any atom is -0.468 e. The number of carbonyl (C=O) groups is 2. The zero-order valence-corrected chi connectivity index (χ0v) is 17.2. The number of nitrogens with one attached hydrogen (secondary N) is 2. The van der Waals surface area contributed by atoms with Crippen molar-refractivity contribution in [2.24, 2.45) is 0 Å². The molecule has 0 bridgehead atoms. The zero-order chi connectivity index (χ0) is 21.6. The molecule has 1 atom stereocenters. The molecule has 1 aromatic heterocycles. The third kappa shape index (κ3) is 5.15. The van der Waals surface area contributed by atoms with Gasteiger partial charge in [-0.25, -0.2) is 8.42 Å². The summed E-state index contributed by atoms with van der Waals surface area (Å²) in [6, 6.07) is 18.6. The minimum absolute atomic E-state index is 0.109. The number of benzene rings is 2. The molecule has 0 spiro atoms. The van der Waals surface area contributed by atoms with Crippen LogP contribution < -0.4 is 10.6 Å². The van der Waals surface area contributed by atoms with E-state index in [0.29, 0.717) is 0 Å². The van der Waals surface area contributed by atoms with Gasteiger partial charge in [0, 0.05) is 13.1 Å². The Balaban J connectivity index is 1.69. The Labute approximate surface area is 175 Å². The van der Waals surface area contributed by atoms with E-state index in [2.05, 4.69) is 10.6 Å². The van der Waals surface area contributed by atoms with E-state index in [1.807, 2.05) is 37.3 Å². The first-order valence-electron chi connectivity index (χ1n) is 9.32. The molecule has 7 nitrogen and oxygen atoms in total. The van der Waals surface area contributed by atoms with Gasteiger partial charge in [0.05, 0.1) is 11.2 Å². The van der Waals surface area contributed by atoms with E-state index in [0.717, 1.165) is 11.1 Å². The van der Waals surface area contributed by atoms with Gasteiger partial charge < -0.3 is 15.1 Å². The van der Waals surface area contributed by atoms with Gasteiger partial charge in [0.25, 0.3) is 0 Å². The van der Waals surface area contributed by atoms with E-state index in [-0.39, 0.29) is 23.7 Å². The van der Waals surface area contributed by atoms with E-state index in [1.54, 1.807) is 18.2 Å². The van der Waals surface area contributed by atoms with Gasteiger partial charge in [-0.05, 0) is 36.8 Å². The molecule has 0 radical (unpaired) electrons. The highest BCUT2D eigenvalue weighted by atomic mass is 32.2. The van der Waals surface area contributed by atoms with Gasteiger partial charge in [-0.3, -0.25) is 9.59 Å². The summed E-state index contributed by atoms with van der Waals surface area (Å²) in [6.07, 6.45) is 1.36. The van der Waals surface area contributed by atoms with Crippen LogP contribution >= 0.6 is 0 Å². The number of hydrogen-bond acceptors (Lipinski definition) is 5. The third-order valence-corrected chi connectivity index (χ3v) is 6.61. The van der Waals surface area contributed by atoms with E-state index in [4.69, 9.17) is 4.42 Å².